The zero-order chi connectivity index (χ0) is 27.7. The summed E-state index contributed by atoms with van der Waals surface area (Å²) in [6, 6.07) is 9.07. The Morgan fingerprint density at radius 3 is 2.51 bits per heavy atom. The molecular formula is C27H35N7O4S. The molecule has 1 aliphatic carbocycles. The van der Waals surface area contributed by atoms with E-state index in [9.17, 15) is 13.5 Å². The number of aromatic nitrogens is 3. The Bertz CT molecular complexity index is 1490. The number of sulfonamides is 1. The van der Waals surface area contributed by atoms with Gasteiger partial charge in [0.05, 0.1) is 16.5 Å². The molecule has 1 aliphatic heterocycles. The summed E-state index contributed by atoms with van der Waals surface area (Å²) in [5, 5.41) is 24.8. The van der Waals surface area contributed by atoms with Crippen molar-refractivity contribution >= 4 is 32.6 Å². The number of aliphatic hydroxyl groups is 1. The predicted molar refractivity (Wildman–Crippen MR) is 151 cm³/mol. The molecule has 0 radical (unpaired) electrons. The van der Waals surface area contributed by atoms with Crippen molar-refractivity contribution in [1.29, 1.82) is 0 Å². The van der Waals surface area contributed by atoms with Crippen LogP contribution in [0.2, 0.25) is 0 Å². The second-order valence-corrected chi connectivity index (χ2v) is 12.2. The number of rotatable bonds is 7. The molecule has 2 N–H and O–H groups in total. The zero-order valence-corrected chi connectivity index (χ0v) is 23.5. The monoisotopic (exact) mass is 553 g/mol. The smallest absolute Gasteiger partial charge is 0.242 e. The van der Waals surface area contributed by atoms with Crippen LogP contribution in [0, 0.1) is 0 Å². The number of nitrogens with one attached hydrogen (secondary N) is 1. The average molecular weight is 554 g/mol. The lowest BCUT2D eigenvalue weighted by Gasteiger charge is -2.30. The van der Waals surface area contributed by atoms with Crippen LogP contribution in [0.4, 0.5) is 5.82 Å². The second-order valence-electron chi connectivity index (χ2n) is 10.1. The van der Waals surface area contributed by atoms with Gasteiger partial charge in [-0.25, -0.2) is 17.7 Å². The first kappa shape index (κ1) is 27.1. The molecule has 208 valence electrons. The fraction of sp³-hybridized carbons (Fsp3) is 0.444. The summed E-state index contributed by atoms with van der Waals surface area (Å²) in [6.45, 7) is 2.79. The molecule has 1 saturated carbocycles. The summed E-state index contributed by atoms with van der Waals surface area (Å²) in [5.74, 6) is 1.30. The van der Waals surface area contributed by atoms with Gasteiger partial charge in [-0.1, -0.05) is 12.1 Å². The highest BCUT2D eigenvalue weighted by Crippen LogP contribution is 2.36. The lowest BCUT2D eigenvalue weighted by Crippen LogP contribution is -2.32. The first-order valence-corrected chi connectivity index (χ1v) is 14.6. The number of hydrogen-bond acceptors (Lipinski definition) is 9. The van der Waals surface area contributed by atoms with Gasteiger partial charge >= 0.3 is 0 Å². The lowest BCUT2D eigenvalue weighted by molar-refractivity contribution is 0.0532. The first-order valence-electron chi connectivity index (χ1n) is 13.2. The number of fused-ring (bicyclic) bond motifs is 1. The maximum absolute atomic E-state index is 12.5. The van der Waals surface area contributed by atoms with Gasteiger partial charge in [0.15, 0.2) is 6.23 Å². The molecule has 0 amide bonds. The van der Waals surface area contributed by atoms with Crippen LogP contribution in [0.15, 0.2) is 58.7 Å². The number of ether oxygens (including phenoxy) is 1. The van der Waals surface area contributed by atoms with E-state index in [1.165, 1.54) is 23.4 Å². The van der Waals surface area contributed by atoms with Crippen molar-refractivity contribution in [3.05, 3.63) is 48.7 Å². The number of pyridine rings is 1. The summed E-state index contributed by atoms with van der Waals surface area (Å²) in [6.07, 6.45) is 7.99. The fourth-order valence-corrected chi connectivity index (χ4v) is 5.88. The van der Waals surface area contributed by atoms with Gasteiger partial charge in [0.2, 0.25) is 15.9 Å². The number of hydrazone groups is 1. The van der Waals surface area contributed by atoms with Gasteiger partial charge in [0, 0.05) is 57.0 Å². The Morgan fingerprint density at radius 2 is 1.87 bits per heavy atom. The molecule has 12 heteroatoms. The van der Waals surface area contributed by atoms with E-state index in [1.807, 2.05) is 19.2 Å². The first-order chi connectivity index (χ1) is 18.7. The Labute approximate surface area is 228 Å². The maximum Gasteiger partial charge on any atom is 0.242 e. The van der Waals surface area contributed by atoms with Crippen molar-refractivity contribution in [2.45, 2.75) is 55.9 Å². The SMILES string of the molecule is CCNc1cc2c(cn1)c(-c1ccc(S(=O)(=O)N(C)C)cc1)nn2C1CCC(OC2=NN(C)C(O)C=C2)CC1. The molecule has 3 aromatic rings. The normalized spacial score (nSPS) is 21.8. The van der Waals surface area contributed by atoms with E-state index in [4.69, 9.17) is 9.84 Å². The molecule has 2 aliphatic rings. The number of anilines is 1. The van der Waals surface area contributed by atoms with Gasteiger partial charge in [-0.05, 0) is 50.8 Å². The molecule has 1 atom stereocenters. The molecular weight excluding hydrogens is 518 g/mol. The van der Waals surface area contributed by atoms with Crippen molar-refractivity contribution in [3.63, 3.8) is 0 Å². The number of aliphatic hydroxyl groups excluding tert-OH is 1. The molecule has 3 heterocycles. The summed E-state index contributed by atoms with van der Waals surface area (Å²) in [4.78, 5) is 4.82. The van der Waals surface area contributed by atoms with Gasteiger partial charge in [-0.2, -0.15) is 5.10 Å². The van der Waals surface area contributed by atoms with E-state index in [0.717, 1.165) is 60.2 Å². The average Bonchev–Trinajstić information content (AvgIpc) is 3.30. The van der Waals surface area contributed by atoms with E-state index >= 15 is 0 Å². The van der Waals surface area contributed by atoms with Crippen molar-refractivity contribution < 1.29 is 18.3 Å². The van der Waals surface area contributed by atoms with E-state index in [-0.39, 0.29) is 17.0 Å². The van der Waals surface area contributed by atoms with Gasteiger partial charge in [-0.3, -0.25) is 9.69 Å². The molecule has 0 spiro atoms. The van der Waals surface area contributed by atoms with Crippen LogP contribution in [-0.2, 0) is 14.8 Å². The van der Waals surface area contributed by atoms with Gasteiger partial charge in [0.25, 0.3) is 0 Å². The molecule has 0 bridgehead atoms. The van der Waals surface area contributed by atoms with E-state index in [2.05, 4.69) is 20.1 Å². The van der Waals surface area contributed by atoms with Crippen LogP contribution < -0.4 is 5.32 Å². The van der Waals surface area contributed by atoms with Crippen LogP contribution in [0.3, 0.4) is 0 Å². The fourth-order valence-electron chi connectivity index (χ4n) is 4.98. The van der Waals surface area contributed by atoms with Crippen molar-refractivity contribution in [2.75, 3.05) is 33.0 Å². The Morgan fingerprint density at radius 1 is 1.15 bits per heavy atom. The Kier molecular flexibility index (Phi) is 7.61. The quantitative estimate of drug-likeness (QED) is 0.456. The summed E-state index contributed by atoms with van der Waals surface area (Å²) in [7, 11) is 1.24. The zero-order valence-electron chi connectivity index (χ0n) is 22.6. The minimum atomic E-state index is -3.52. The second kappa shape index (κ2) is 10.9. The van der Waals surface area contributed by atoms with E-state index in [0.29, 0.717) is 5.90 Å². The largest absolute Gasteiger partial charge is 0.473 e. The number of nitrogens with zero attached hydrogens (tertiary/aromatic N) is 6. The van der Waals surface area contributed by atoms with Crippen LogP contribution in [0.1, 0.15) is 38.6 Å². The third kappa shape index (κ3) is 5.49. The number of likely N-dealkylation sites (N-methyl/N-ethyl adjacent to an activating group) is 1. The molecule has 11 nitrogen and oxygen atoms in total. The standard InChI is InChI=1S/C27H35N7O4S/c1-5-28-24-16-23-22(17-29-24)27(18-6-12-21(13-7-18)39(36,37)32(2)3)31-34(23)19-8-10-20(11-9-19)38-25-14-15-26(35)33(4)30-25/h6-7,12-17,19-20,26,35H,5,8-11H2,1-4H3,(H,28,29). The van der Waals surface area contributed by atoms with E-state index in [1.54, 1.807) is 43.5 Å². The highest BCUT2D eigenvalue weighted by Gasteiger charge is 2.28. The molecule has 1 unspecified atom stereocenters. The highest BCUT2D eigenvalue weighted by atomic mass is 32.2. The predicted octanol–water partition coefficient (Wildman–Crippen LogP) is 3.41. The summed E-state index contributed by atoms with van der Waals surface area (Å²) < 4.78 is 34.5. The molecule has 0 saturated heterocycles. The third-order valence-electron chi connectivity index (χ3n) is 7.18. The van der Waals surface area contributed by atoms with Crippen molar-refractivity contribution in [1.82, 2.24) is 24.1 Å². The number of benzene rings is 1. The van der Waals surface area contributed by atoms with Gasteiger partial charge in [0.1, 0.15) is 17.6 Å². The van der Waals surface area contributed by atoms with Crippen LogP contribution in [0.5, 0.6) is 0 Å². The molecule has 1 aromatic carbocycles. The molecule has 39 heavy (non-hydrogen) atoms. The summed E-state index contributed by atoms with van der Waals surface area (Å²) in [5.41, 5.74) is 2.59. The third-order valence-corrected chi connectivity index (χ3v) is 9.01. The maximum atomic E-state index is 12.5. The molecule has 1 fully saturated rings. The minimum Gasteiger partial charge on any atom is -0.473 e. The van der Waals surface area contributed by atoms with Gasteiger partial charge < -0.3 is 15.2 Å². The van der Waals surface area contributed by atoms with Crippen LogP contribution in [-0.4, -0.2) is 83.5 Å². The van der Waals surface area contributed by atoms with Gasteiger partial charge in [-0.15, -0.1) is 5.10 Å². The highest BCUT2D eigenvalue weighted by molar-refractivity contribution is 7.89. The Balaban J connectivity index is 1.41. The molecule has 2 aromatic heterocycles. The Hall–Kier alpha value is -3.48. The van der Waals surface area contributed by atoms with Crippen LogP contribution in [0.25, 0.3) is 22.2 Å². The minimum absolute atomic E-state index is 0.0414. The number of hydrogen-bond donors (Lipinski definition) is 2. The van der Waals surface area contributed by atoms with Crippen LogP contribution >= 0.6 is 0 Å². The van der Waals surface area contributed by atoms with Crippen molar-refractivity contribution in [2.24, 2.45) is 5.10 Å². The van der Waals surface area contributed by atoms with Crippen molar-refractivity contribution in [3.8, 4) is 11.3 Å². The van der Waals surface area contributed by atoms with E-state index < -0.39 is 16.3 Å². The lowest BCUT2D eigenvalue weighted by atomic mass is 9.93. The summed E-state index contributed by atoms with van der Waals surface area (Å²) >= 11 is 0. The topological polar surface area (TPSA) is 125 Å². The molecule has 5 rings (SSSR count).